The first kappa shape index (κ1) is 13.4. The van der Waals surface area contributed by atoms with Gasteiger partial charge in [0.25, 0.3) is 0 Å². The molecule has 3 aliphatic rings. The lowest BCUT2D eigenvalue weighted by Gasteiger charge is -2.36. The molecule has 0 saturated heterocycles. The van der Waals surface area contributed by atoms with Gasteiger partial charge in [-0.1, -0.05) is 57.2 Å². The van der Waals surface area contributed by atoms with Crippen molar-refractivity contribution in [2.24, 2.45) is 16.7 Å². The van der Waals surface area contributed by atoms with Crippen LogP contribution in [0.1, 0.15) is 56.6 Å². The summed E-state index contributed by atoms with van der Waals surface area (Å²) in [5.41, 5.74) is 5.53. The van der Waals surface area contributed by atoms with Crippen molar-refractivity contribution in [2.75, 3.05) is 0 Å². The number of hydrogen-bond donors (Lipinski definition) is 0. The highest BCUT2D eigenvalue weighted by Gasteiger charge is 2.80. The van der Waals surface area contributed by atoms with E-state index in [0.717, 1.165) is 11.8 Å². The topological polar surface area (TPSA) is 12.9 Å². The number of aromatic nitrogens is 1. The molecule has 2 aromatic carbocycles. The minimum Gasteiger partial charge on any atom is -0.255 e. The van der Waals surface area contributed by atoms with Crippen LogP contribution in [0.4, 0.5) is 0 Å². The monoisotopic (exact) mass is 313 g/mol. The van der Waals surface area contributed by atoms with Gasteiger partial charge < -0.3 is 0 Å². The Labute approximate surface area is 143 Å². The molecule has 1 nitrogen and oxygen atoms in total. The molecular formula is C23H23N. The van der Waals surface area contributed by atoms with Crippen molar-refractivity contribution in [3.63, 3.8) is 0 Å². The van der Waals surface area contributed by atoms with Gasteiger partial charge in [-0.2, -0.15) is 0 Å². The molecule has 0 bridgehead atoms. The third-order valence-electron chi connectivity index (χ3n) is 8.10. The van der Waals surface area contributed by atoms with E-state index in [0.29, 0.717) is 16.7 Å². The number of pyridine rings is 1. The third-order valence-corrected chi connectivity index (χ3v) is 8.10. The lowest BCUT2D eigenvalue weighted by molar-refractivity contribution is 0.252. The third kappa shape index (κ3) is 1.27. The Bertz CT molecular complexity index is 1030. The van der Waals surface area contributed by atoms with Crippen LogP contribution >= 0.6 is 0 Å². The summed E-state index contributed by atoms with van der Waals surface area (Å²) < 4.78 is 0. The Morgan fingerprint density at radius 3 is 2.62 bits per heavy atom. The fraction of sp³-hybridized carbons (Fsp3) is 0.435. The van der Waals surface area contributed by atoms with E-state index in [-0.39, 0.29) is 0 Å². The van der Waals surface area contributed by atoms with E-state index in [4.69, 9.17) is 4.98 Å². The van der Waals surface area contributed by atoms with Crippen LogP contribution in [0.25, 0.3) is 21.7 Å². The van der Waals surface area contributed by atoms with Crippen molar-refractivity contribution < 1.29 is 0 Å². The summed E-state index contributed by atoms with van der Waals surface area (Å²) >= 11 is 0. The molecule has 0 radical (unpaired) electrons. The summed E-state index contributed by atoms with van der Waals surface area (Å²) in [6.07, 6.45) is 4.94. The number of rotatable bonds is 0. The maximum absolute atomic E-state index is 4.97. The van der Waals surface area contributed by atoms with Crippen LogP contribution in [0.2, 0.25) is 0 Å². The molecule has 1 heterocycles. The van der Waals surface area contributed by atoms with E-state index in [1.807, 2.05) is 0 Å². The SMILES string of the molecule is CC1CC2(C)C3C(CC32C)c2cnc3c(ccc4ccccc43)c21. The fourth-order valence-corrected chi connectivity index (χ4v) is 6.87. The summed E-state index contributed by atoms with van der Waals surface area (Å²) in [5, 5.41) is 3.99. The molecule has 120 valence electrons. The second-order valence-corrected chi connectivity index (χ2v) is 9.04. The highest BCUT2D eigenvalue weighted by molar-refractivity contribution is 6.06. The Morgan fingerprint density at radius 2 is 1.75 bits per heavy atom. The first-order valence-electron chi connectivity index (χ1n) is 9.35. The molecule has 3 aliphatic carbocycles. The van der Waals surface area contributed by atoms with E-state index in [1.165, 1.54) is 34.5 Å². The molecule has 0 spiro atoms. The summed E-state index contributed by atoms with van der Waals surface area (Å²) in [6, 6.07) is 13.3. The highest BCUT2D eigenvalue weighted by atomic mass is 14.8. The molecule has 1 heteroatoms. The van der Waals surface area contributed by atoms with E-state index < -0.39 is 0 Å². The van der Waals surface area contributed by atoms with Gasteiger partial charge in [0.1, 0.15) is 0 Å². The van der Waals surface area contributed by atoms with Crippen molar-refractivity contribution in [3.8, 4) is 0 Å². The predicted octanol–water partition coefficient (Wildman–Crippen LogP) is 6.02. The number of benzene rings is 2. The molecule has 5 atom stereocenters. The second-order valence-electron chi connectivity index (χ2n) is 9.04. The molecule has 24 heavy (non-hydrogen) atoms. The number of hydrogen-bond acceptors (Lipinski definition) is 1. The first-order valence-corrected chi connectivity index (χ1v) is 9.35. The van der Waals surface area contributed by atoms with E-state index >= 15 is 0 Å². The fourth-order valence-electron chi connectivity index (χ4n) is 6.87. The Kier molecular flexibility index (Phi) is 2.15. The van der Waals surface area contributed by atoms with Gasteiger partial charge in [-0.05, 0) is 57.9 Å². The van der Waals surface area contributed by atoms with Crippen LogP contribution in [-0.2, 0) is 0 Å². The summed E-state index contributed by atoms with van der Waals surface area (Å²) in [6.45, 7) is 7.52. The van der Waals surface area contributed by atoms with Crippen LogP contribution in [0.15, 0.2) is 42.6 Å². The smallest absolute Gasteiger partial charge is 0.0783 e. The zero-order valence-corrected chi connectivity index (χ0v) is 14.6. The predicted molar refractivity (Wildman–Crippen MR) is 99.3 cm³/mol. The van der Waals surface area contributed by atoms with Gasteiger partial charge >= 0.3 is 0 Å². The van der Waals surface area contributed by atoms with Crippen molar-refractivity contribution in [1.82, 2.24) is 4.98 Å². The van der Waals surface area contributed by atoms with Crippen LogP contribution in [0, 0.1) is 16.7 Å². The van der Waals surface area contributed by atoms with Gasteiger partial charge in [-0.25, -0.2) is 0 Å². The second kappa shape index (κ2) is 3.85. The van der Waals surface area contributed by atoms with Crippen molar-refractivity contribution in [3.05, 3.63) is 53.7 Å². The average Bonchev–Trinajstić information content (AvgIpc) is 2.96. The lowest BCUT2D eigenvalue weighted by atomic mass is 9.69. The Balaban J connectivity index is 1.67. The van der Waals surface area contributed by atoms with Crippen LogP contribution in [0.3, 0.4) is 0 Å². The maximum atomic E-state index is 4.97. The van der Waals surface area contributed by atoms with Crippen molar-refractivity contribution in [2.45, 2.75) is 45.4 Å². The van der Waals surface area contributed by atoms with Gasteiger partial charge in [0.15, 0.2) is 0 Å². The standard InChI is InChI=1S/C23H23N/c1-13-10-22(2)21-17(11-23(21,22)3)18-12-24-20-15-7-5-4-6-14(15)8-9-16(20)19(13)18/h4-9,12-13,17,21H,10-11H2,1-3H3. The molecule has 1 aromatic heterocycles. The van der Waals surface area contributed by atoms with Gasteiger partial charge in [0, 0.05) is 17.0 Å². The number of nitrogens with zero attached hydrogens (tertiary/aromatic N) is 1. The molecule has 3 aromatic rings. The summed E-state index contributed by atoms with van der Waals surface area (Å²) in [4.78, 5) is 4.97. The Hall–Kier alpha value is -1.89. The zero-order chi connectivity index (χ0) is 16.3. The van der Waals surface area contributed by atoms with Gasteiger partial charge in [0.2, 0.25) is 0 Å². The minimum atomic E-state index is 0.555. The summed E-state index contributed by atoms with van der Waals surface area (Å²) in [5.74, 6) is 2.28. The van der Waals surface area contributed by atoms with Gasteiger partial charge in [0.05, 0.1) is 5.52 Å². The first-order chi connectivity index (χ1) is 11.5. The van der Waals surface area contributed by atoms with Gasteiger partial charge in [-0.15, -0.1) is 0 Å². The van der Waals surface area contributed by atoms with Crippen molar-refractivity contribution in [1.29, 1.82) is 0 Å². The minimum absolute atomic E-state index is 0.555. The largest absolute Gasteiger partial charge is 0.255 e. The van der Waals surface area contributed by atoms with Crippen molar-refractivity contribution >= 4 is 21.7 Å². The quantitative estimate of drug-likeness (QED) is 0.462. The summed E-state index contributed by atoms with van der Waals surface area (Å²) in [7, 11) is 0. The zero-order valence-electron chi connectivity index (χ0n) is 14.6. The van der Waals surface area contributed by atoms with Crippen LogP contribution < -0.4 is 0 Å². The van der Waals surface area contributed by atoms with Gasteiger partial charge in [-0.3, -0.25) is 4.98 Å². The molecular weight excluding hydrogens is 290 g/mol. The molecule has 5 unspecified atom stereocenters. The molecule has 0 aliphatic heterocycles. The highest BCUT2D eigenvalue weighted by Crippen LogP contribution is 2.87. The van der Waals surface area contributed by atoms with Crippen LogP contribution in [-0.4, -0.2) is 4.98 Å². The normalized spacial score (nSPS) is 39.0. The average molecular weight is 313 g/mol. The number of fused-ring (bicyclic) bond motifs is 7. The molecule has 2 fully saturated rings. The van der Waals surface area contributed by atoms with Crippen LogP contribution in [0.5, 0.6) is 0 Å². The maximum Gasteiger partial charge on any atom is 0.0783 e. The van der Waals surface area contributed by atoms with E-state index in [2.05, 4.69) is 63.4 Å². The Morgan fingerprint density at radius 1 is 0.958 bits per heavy atom. The van der Waals surface area contributed by atoms with E-state index in [9.17, 15) is 0 Å². The lowest BCUT2D eigenvalue weighted by Crippen LogP contribution is -2.24. The molecule has 0 amide bonds. The van der Waals surface area contributed by atoms with E-state index in [1.54, 1.807) is 11.1 Å². The molecule has 2 saturated carbocycles. The molecule has 0 N–H and O–H groups in total. The molecule has 6 rings (SSSR count).